The lowest BCUT2D eigenvalue weighted by atomic mass is 10.1. The summed E-state index contributed by atoms with van der Waals surface area (Å²) in [6, 6.07) is 3.57. The number of hydrogen-bond donors (Lipinski definition) is 2. The van der Waals surface area contributed by atoms with Gasteiger partial charge in [-0.25, -0.2) is 8.42 Å². The van der Waals surface area contributed by atoms with Crippen molar-refractivity contribution in [3.8, 4) is 0 Å². The van der Waals surface area contributed by atoms with E-state index in [1.54, 1.807) is 12.1 Å². The summed E-state index contributed by atoms with van der Waals surface area (Å²) in [5.74, 6) is 0. The molecule has 0 heterocycles. The standard InChI is InChI=1S/C11H16N2O2S/c1-7-6-11(8(2)5-10(7)12)13-16(14,15)9-3-4-9/h5-6,9,13H,3-4,12H2,1-2H3. The third-order valence-electron chi connectivity index (χ3n) is 2.83. The second kappa shape index (κ2) is 3.66. The average molecular weight is 240 g/mol. The second-order valence-electron chi connectivity index (χ2n) is 4.37. The van der Waals surface area contributed by atoms with E-state index in [0.717, 1.165) is 24.0 Å². The van der Waals surface area contributed by atoms with E-state index in [1.165, 1.54) is 0 Å². The number of aryl methyl sites for hydroxylation is 2. The van der Waals surface area contributed by atoms with Crippen LogP contribution < -0.4 is 10.5 Å². The Bertz CT molecular complexity index is 519. The smallest absolute Gasteiger partial charge is 0.235 e. The summed E-state index contributed by atoms with van der Waals surface area (Å²) >= 11 is 0. The van der Waals surface area contributed by atoms with Crippen molar-refractivity contribution in [3.63, 3.8) is 0 Å². The first-order valence-corrected chi connectivity index (χ1v) is 6.83. The average Bonchev–Trinajstić information content (AvgIpc) is 2.96. The van der Waals surface area contributed by atoms with E-state index in [9.17, 15) is 8.42 Å². The summed E-state index contributed by atoms with van der Waals surface area (Å²) in [7, 11) is -3.18. The molecular weight excluding hydrogens is 224 g/mol. The first kappa shape index (κ1) is 11.3. The van der Waals surface area contributed by atoms with Gasteiger partial charge in [0.2, 0.25) is 10.0 Å². The molecule has 1 aromatic rings. The highest BCUT2D eigenvalue weighted by molar-refractivity contribution is 7.93. The Morgan fingerprint density at radius 1 is 1.25 bits per heavy atom. The summed E-state index contributed by atoms with van der Waals surface area (Å²) in [5, 5.41) is -0.204. The summed E-state index contributed by atoms with van der Waals surface area (Å²) in [4.78, 5) is 0. The molecule has 1 aliphatic carbocycles. The summed E-state index contributed by atoms with van der Waals surface area (Å²) in [6.45, 7) is 3.71. The van der Waals surface area contributed by atoms with Crippen LogP contribution in [0.4, 0.5) is 11.4 Å². The van der Waals surface area contributed by atoms with Crippen LogP contribution in [0.5, 0.6) is 0 Å². The predicted molar refractivity (Wildman–Crippen MR) is 65.9 cm³/mol. The van der Waals surface area contributed by atoms with Crippen molar-refractivity contribution in [1.29, 1.82) is 0 Å². The van der Waals surface area contributed by atoms with Crippen molar-refractivity contribution in [1.82, 2.24) is 0 Å². The monoisotopic (exact) mass is 240 g/mol. The summed E-state index contributed by atoms with van der Waals surface area (Å²) < 4.78 is 26.2. The Kier molecular flexibility index (Phi) is 2.58. The summed E-state index contributed by atoms with van der Waals surface area (Å²) in [5.41, 5.74) is 8.81. The van der Waals surface area contributed by atoms with Crippen molar-refractivity contribution < 1.29 is 8.42 Å². The third kappa shape index (κ3) is 2.14. The molecule has 0 atom stereocenters. The lowest BCUT2D eigenvalue weighted by Gasteiger charge is -2.12. The Hall–Kier alpha value is -1.23. The third-order valence-corrected chi connectivity index (χ3v) is 4.68. The number of nitrogen functional groups attached to an aromatic ring is 1. The maximum atomic E-state index is 11.8. The Labute approximate surface area is 95.9 Å². The van der Waals surface area contributed by atoms with Crippen molar-refractivity contribution in [2.75, 3.05) is 10.5 Å². The topological polar surface area (TPSA) is 72.2 Å². The van der Waals surface area contributed by atoms with Crippen LogP contribution in [0.2, 0.25) is 0 Å². The van der Waals surface area contributed by atoms with Gasteiger partial charge in [-0.3, -0.25) is 4.72 Å². The van der Waals surface area contributed by atoms with Crippen molar-refractivity contribution in [3.05, 3.63) is 23.3 Å². The SMILES string of the molecule is Cc1cc(NS(=O)(=O)C2CC2)c(C)cc1N. The van der Waals surface area contributed by atoms with Crippen LogP contribution in [0.3, 0.4) is 0 Å². The minimum Gasteiger partial charge on any atom is -0.399 e. The fourth-order valence-electron chi connectivity index (χ4n) is 1.56. The van der Waals surface area contributed by atoms with Gasteiger partial charge >= 0.3 is 0 Å². The van der Waals surface area contributed by atoms with Crippen LogP contribution in [0.25, 0.3) is 0 Å². The molecule has 0 bridgehead atoms. The minimum absolute atomic E-state index is 0.204. The van der Waals surface area contributed by atoms with Gasteiger partial charge in [-0.2, -0.15) is 0 Å². The van der Waals surface area contributed by atoms with Crippen molar-refractivity contribution in [2.45, 2.75) is 31.9 Å². The minimum atomic E-state index is -3.18. The number of rotatable bonds is 3. The van der Waals surface area contributed by atoms with Crippen LogP contribution in [-0.2, 0) is 10.0 Å². The highest BCUT2D eigenvalue weighted by Gasteiger charge is 2.35. The highest BCUT2D eigenvalue weighted by atomic mass is 32.2. The normalized spacial score (nSPS) is 16.1. The maximum absolute atomic E-state index is 11.8. The first-order valence-electron chi connectivity index (χ1n) is 5.28. The molecule has 0 spiro atoms. The zero-order valence-electron chi connectivity index (χ0n) is 9.45. The van der Waals surface area contributed by atoms with Gasteiger partial charge < -0.3 is 5.73 Å². The van der Waals surface area contributed by atoms with Crippen molar-refractivity contribution in [2.24, 2.45) is 0 Å². The van der Waals surface area contributed by atoms with E-state index in [4.69, 9.17) is 5.73 Å². The molecule has 0 unspecified atom stereocenters. The number of nitrogens with one attached hydrogen (secondary N) is 1. The van der Waals surface area contributed by atoms with Crippen LogP contribution in [0.15, 0.2) is 12.1 Å². The van der Waals surface area contributed by atoms with Crippen LogP contribution in [0, 0.1) is 13.8 Å². The second-order valence-corrected chi connectivity index (χ2v) is 6.33. The molecule has 1 saturated carbocycles. The van der Waals surface area contributed by atoms with Crippen LogP contribution in [0.1, 0.15) is 24.0 Å². The largest absolute Gasteiger partial charge is 0.399 e. The molecule has 5 heteroatoms. The molecule has 0 aliphatic heterocycles. The fourth-order valence-corrected chi connectivity index (χ4v) is 3.01. The highest BCUT2D eigenvalue weighted by Crippen LogP contribution is 2.31. The fraction of sp³-hybridized carbons (Fsp3) is 0.455. The van der Waals surface area contributed by atoms with Gasteiger partial charge in [-0.15, -0.1) is 0 Å². The molecule has 1 fully saturated rings. The van der Waals surface area contributed by atoms with E-state index in [2.05, 4.69) is 4.72 Å². The molecule has 88 valence electrons. The summed E-state index contributed by atoms with van der Waals surface area (Å²) in [6.07, 6.45) is 1.53. The van der Waals surface area contributed by atoms with Gasteiger partial charge in [0.15, 0.2) is 0 Å². The van der Waals surface area contributed by atoms with Crippen molar-refractivity contribution >= 4 is 21.4 Å². The molecule has 1 aromatic carbocycles. The Balaban J connectivity index is 2.31. The lowest BCUT2D eigenvalue weighted by molar-refractivity contribution is 0.600. The van der Waals surface area contributed by atoms with Gasteiger partial charge in [-0.05, 0) is 49.9 Å². The van der Waals surface area contributed by atoms with Gasteiger partial charge in [0.25, 0.3) is 0 Å². The number of benzene rings is 1. The molecule has 2 rings (SSSR count). The van der Waals surface area contributed by atoms with E-state index in [-0.39, 0.29) is 5.25 Å². The maximum Gasteiger partial charge on any atom is 0.235 e. The zero-order chi connectivity index (χ0) is 11.9. The molecule has 4 nitrogen and oxygen atoms in total. The number of nitrogens with two attached hydrogens (primary N) is 1. The molecular formula is C11H16N2O2S. The lowest BCUT2D eigenvalue weighted by Crippen LogP contribution is -2.18. The molecule has 0 saturated heterocycles. The number of anilines is 2. The molecule has 0 aromatic heterocycles. The Morgan fingerprint density at radius 2 is 1.88 bits per heavy atom. The molecule has 3 N–H and O–H groups in total. The number of sulfonamides is 1. The number of hydrogen-bond acceptors (Lipinski definition) is 3. The molecule has 0 amide bonds. The van der Waals surface area contributed by atoms with E-state index in [1.807, 2.05) is 13.8 Å². The molecule has 0 radical (unpaired) electrons. The molecule has 1 aliphatic rings. The van der Waals surface area contributed by atoms with E-state index >= 15 is 0 Å². The van der Waals surface area contributed by atoms with Gasteiger partial charge in [0, 0.05) is 5.69 Å². The first-order chi connectivity index (χ1) is 7.40. The van der Waals surface area contributed by atoms with Gasteiger partial charge in [-0.1, -0.05) is 0 Å². The predicted octanol–water partition coefficient (Wildman–Crippen LogP) is 1.79. The van der Waals surface area contributed by atoms with E-state index < -0.39 is 10.0 Å². The van der Waals surface area contributed by atoms with E-state index in [0.29, 0.717) is 11.4 Å². The quantitative estimate of drug-likeness (QED) is 0.791. The zero-order valence-corrected chi connectivity index (χ0v) is 10.3. The van der Waals surface area contributed by atoms with Gasteiger partial charge in [0.05, 0.1) is 10.9 Å². The Morgan fingerprint density at radius 3 is 2.44 bits per heavy atom. The van der Waals surface area contributed by atoms with Crippen LogP contribution >= 0.6 is 0 Å². The molecule has 16 heavy (non-hydrogen) atoms. The van der Waals surface area contributed by atoms with Gasteiger partial charge in [0.1, 0.15) is 0 Å². The van der Waals surface area contributed by atoms with Crippen LogP contribution in [-0.4, -0.2) is 13.7 Å².